The first-order valence-electron chi connectivity index (χ1n) is 3.87. The molecule has 0 fully saturated rings. The molecule has 0 saturated heterocycles. The van der Waals surface area contributed by atoms with Crippen LogP contribution in [0.2, 0.25) is 0 Å². The summed E-state index contributed by atoms with van der Waals surface area (Å²) in [5.74, 6) is 0. The first kappa shape index (κ1) is 9.71. The fraction of sp³-hybridized carbons (Fsp3) is 0.333. The van der Waals surface area contributed by atoms with Crippen molar-refractivity contribution < 1.29 is 0 Å². The highest BCUT2D eigenvalue weighted by atomic mass is 79.9. The van der Waals surface area contributed by atoms with E-state index in [1.165, 1.54) is 5.56 Å². The lowest BCUT2D eigenvalue weighted by Crippen LogP contribution is -2.20. The molecule has 0 aromatic heterocycles. The molecule has 1 rings (SSSR count). The van der Waals surface area contributed by atoms with E-state index in [0.717, 1.165) is 10.0 Å². The lowest BCUT2D eigenvalue weighted by atomic mass is 10.1. The molecule has 12 heavy (non-hydrogen) atoms. The van der Waals surface area contributed by atoms with Crippen LogP contribution >= 0.6 is 15.9 Å². The molecule has 0 saturated carbocycles. The maximum Gasteiger partial charge on any atom is 0.0419 e. The summed E-state index contributed by atoms with van der Waals surface area (Å²) in [4.78, 5) is 0. The topological polar surface area (TPSA) is 52.0 Å². The minimum Gasteiger partial charge on any atom is -0.329 e. The molecule has 2 nitrogen and oxygen atoms in total. The van der Waals surface area contributed by atoms with Crippen molar-refractivity contribution in [1.29, 1.82) is 0 Å². The smallest absolute Gasteiger partial charge is 0.0419 e. The second-order valence-electron chi connectivity index (χ2n) is 2.85. The lowest BCUT2D eigenvalue weighted by Gasteiger charge is -2.09. The van der Waals surface area contributed by atoms with Gasteiger partial charge in [-0.05, 0) is 24.1 Å². The minimum absolute atomic E-state index is 0.0538. The van der Waals surface area contributed by atoms with Crippen molar-refractivity contribution in [3.63, 3.8) is 0 Å². The van der Waals surface area contributed by atoms with Gasteiger partial charge in [0, 0.05) is 17.1 Å². The highest BCUT2D eigenvalue weighted by Gasteiger charge is 2.04. The van der Waals surface area contributed by atoms with Gasteiger partial charge in [0.1, 0.15) is 0 Å². The van der Waals surface area contributed by atoms with E-state index in [0.29, 0.717) is 6.54 Å². The molecule has 0 heterocycles. The summed E-state index contributed by atoms with van der Waals surface area (Å²) in [5.41, 5.74) is 13.5. The number of hydrogen-bond acceptors (Lipinski definition) is 2. The molecular weight excluding hydrogens is 216 g/mol. The van der Waals surface area contributed by atoms with E-state index in [1.807, 2.05) is 25.1 Å². The number of benzene rings is 1. The fourth-order valence-corrected chi connectivity index (χ4v) is 1.37. The van der Waals surface area contributed by atoms with Gasteiger partial charge in [-0.2, -0.15) is 0 Å². The summed E-state index contributed by atoms with van der Waals surface area (Å²) < 4.78 is 1.09. The average Bonchev–Trinajstić information content (AvgIpc) is 2.08. The van der Waals surface area contributed by atoms with Gasteiger partial charge in [-0.1, -0.05) is 28.1 Å². The van der Waals surface area contributed by atoms with Gasteiger partial charge in [-0.15, -0.1) is 0 Å². The summed E-state index contributed by atoms with van der Waals surface area (Å²) in [6, 6.07) is 6.02. The van der Waals surface area contributed by atoms with Crippen LogP contribution in [0.4, 0.5) is 0 Å². The maximum atomic E-state index is 5.77. The third-order valence-electron chi connectivity index (χ3n) is 1.88. The average molecular weight is 229 g/mol. The predicted octanol–water partition coefficient (Wildman–Crippen LogP) is 1.72. The van der Waals surface area contributed by atoms with Crippen molar-refractivity contribution in [2.24, 2.45) is 11.5 Å². The van der Waals surface area contributed by atoms with Gasteiger partial charge >= 0.3 is 0 Å². The Kier molecular flexibility index (Phi) is 3.26. The van der Waals surface area contributed by atoms with Gasteiger partial charge in [-0.25, -0.2) is 0 Å². The summed E-state index contributed by atoms with van der Waals surface area (Å²) in [7, 11) is 0. The highest BCUT2D eigenvalue weighted by molar-refractivity contribution is 9.10. The van der Waals surface area contributed by atoms with Crippen molar-refractivity contribution in [3.8, 4) is 0 Å². The Labute approximate surface area is 81.1 Å². The van der Waals surface area contributed by atoms with Crippen molar-refractivity contribution >= 4 is 15.9 Å². The van der Waals surface area contributed by atoms with E-state index < -0.39 is 0 Å². The van der Waals surface area contributed by atoms with E-state index in [-0.39, 0.29) is 6.04 Å². The summed E-state index contributed by atoms with van der Waals surface area (Å²) in [6.45, 7) is 2.53. The van der Waals surface area contributed by atoms with Crippen LogP contribution in [0.5, 0.6) is 0 Å². The molecule has 0 aliphatic rings. The third-order valence-corrected chi connectivity index (χ3v) is 2.73. The fourth-order valence-electron chi connectivity index (χ4n) is 0.976. The Morgan fingerprint density at radius 3 is 2.67 bits per heavy atom. The SMILES string of the molecule is Cc1ccc([C@@H](N)CN)cc1Br. The standard InChI is InChI=1S/C9H13BrN2/c1-6-2-3-7(4-8(6)10)9(12)5-11/h2-4,9H,5,11-12H2,1H3/t9-/m0/s1. The number of aryl methyl sites for hydroxylation is 1. The van der Waals surface area contributed by atoms with E-state index >= 15 is 0 Å². The number of nitrogens with two attached hydrogens (primary N) is 2. The zero-order valence-electron chi connectivity index (χ0n) is 7.05. The van der Waals surface area contributed by atoms with Crippen LogP contribution in [0.3, 0.4) is 0 Å². The van der Waals surface area contributed by atoms with E-state index in [4.69, 9.17) is 11.5 Å². The van der Waals surface area contributed by atoms with Gasteiger partial charge in [0.2, 0.25) is 0 Å². The molecule has 0 radical (unpaired) electrons. The van der Waals surface area contributed by atoms with Crippen LogP contribution < -0.4 is 11.5 Å². The Bertz CT molecular complexity index is 273. The molecule has 3 heteroatoms. The Balaban J connectivity index is 2.96. The summed E-state index contributed by atoms with van der Waals surface area (Å²) in [5, 5.41) is 0. The van der Waals surface area contributed by atoms with Crippen LogP contribution in [0, 0.1) is 6.92 Å². The largest absolute Gasteiger partial charge is 0.329 e. The van der Waals surface area contributed by atoms with Gasteiger partial charge < -0.3 is 11.5 Å². The first-order chi connectivity index (χ1) is 5.65. The second-order valence-corrected chi connectivity index (χ2v) is 3.71. The van der Waals surface area contributed by atoms with Crippen LogP contribution in [0.15, 0.2) is 22.7 Å². The van der Waals surface area contributed by atoms with Crippen molar-refractivity contribution in [2.45, 2.75) is 13.0 Å². The Morgan fingerprint density at radius 1 is 1.50 bits per heavy atom. The number of halogens is 1. The lowest BCUT2D eigenvalue weighted by molar-refractivity contribution is 0.736. The summed E-state index contributed by atoms with van der Waals surface area (Å²) >= 11 is 3.45. The predicted molar refractivity (Wildman–Crippen MR) is 54.9 cm³/mol. The number of rotatable bonds is 2. The van der Waals surface area contributed by atoms with E-state index in [1.54, 1.807) is 0 Å². The molecule has 0 unspecified atom stereocenters. The quantitative estimate of drug-likeness (QED) is 0.811. The molecule has 4 N–H and O–H groups in total. The monoisotopic (exact) mass is 228 g/mol. The van der Waals surface area contributed by atoms with Gasteiger partial charge in [0.05, 0.1) is 0 Å². The molecule has 66 valence electrons. The molecule has 1 aromatic rings. The zero-order chi connectivity index (χ0) is 9.14. The highest BCUT2D eigenvalue weighted by Crippen LogP contribution is 2.20. The molecule has 1 aromatic carbocycles. The van der Waals surface area contributed by atoms with Crippen LogP contribution in [0.1, 0.15) is 17.2 Å². The molecule has 0 aliphatic carbocycles. The molecule has 0 aliphatic heterocycles. The number of hydrogen-bond donors (Lipinski definition) is 2. The molecule has 0 spiro atoms. The Morgan fingerprint density at radius 2 is 2.17 bits per heavy atom. The van der Waals surface area contributed by atoms with Crippen LogP contribution in [0.25, 0.3) is 0 Å². The van der Waals surface area contributed by atoms with Gasteiger partial charge in [0.25, 0.3) is 0 Å². The molecule has 0 bridgehead atoms. The second kappa shape index (κ2) is 4.03. The Hall–Kier alpha value is -0.380. The van der Waals surface area contributed by atoms with E-state index in [2.05, 4.69) is 15.9 Å². The van der Waals surface area contributed by atoms with E-state index in [9.17, 15) is 0 Å². The van der Waals surface area contributed by atoms with Crippen molar-refractivity contribution in [3.05, 3.63) is 33.8 Å². The van der Waals surface area contributed by atoms with Crippen molar-refractivity contribution in [2.75, 3.05) is 6.54 Å². The van der Waals surface area contributed by atoms with Crippen LogP contribution in [-0.2, 0) is 0 Å². The normalized spacial score (nSPS) is 13.0. The molecular formula is C9H13BrN2. The summed E-state index contributed by atoms with van der Waals surface area (Å²) in [6.07, 6.45) is 0. The molecule has 0 amide bonds. The zero-order valence-corrected chi connectivity index (χ0v) is 8.64. The maximum absolute atomic E-state index is 5.77. The first-order valence-corrected chi connectivity index (χ1v) is 4.66. The third kappa shape index (κ3) is 2.06. The van der Waals surface area contributed by atoms with Gasteiger partial charge in [-0.3, -0.25) is 0 Å². The minimum atomic E-state index is -0.0538. The van der Waals surface area contributed by atoms with Gasteiger partial charge in [0.15, 0.2) is 0 Å². The molecule has 1 atom stereocenters. The van der Waals surface area contributed by atoms with Crippen molar-refractivity contribution in [1.82, 2.24) is 0 Å². The van der Waals surface area contributed by atoms with Crippen LogP contribution in [-0.4, -0.2) is 6.54 Å².